The normalized spacial score (nSPS) is 34.0. The molecule has 33 heavy (non-hydrogen) atoms. The van der Waals surface area contributed by atoms with Gasteiger partial charge >= 0.3 is 17.9 Å². The zero-order chi connectivity index (χ0) is 25.3. The smallest absolute Gasteiger partial charge is 0.330 e. The van der Waals surface area contributed by atoms with Crippen molar-refractivity contribution in [2.45, 2.75) is 110 Å². The summed E-state index contributed by atoms with van der Waals surface area (Å²) in [4.78, 5) is 36.6. The van der Waals surface area contributed by atoms with Gasteiger partial charge in [0.2, 0.25) is 0 Å². The largest absolute Gasteiger partial charge is 0.458 e. The van der Waals surface area contributed by atoms with Gasteiger partial charge in [0.05, 0.1) is 18.1 Å². The third kappa shape index (κ3) is 8.39. The van der Waals surface area contributed by atoms with E-state index in [2.05, 4.69) is 6.92 Å². The summed E-state index contributed by atoms with van der Waals surface area (Å²) in [6.07, 6.45) is 1.24. The molecule has 0 saturated carbocycles. The van der Waals surface area contributed by atoms with Crippen molar-refractivity contribution in [1.29, 1.82) is 0 Å². The van der Waals surface area contributed by atoms with Crippen LogP contribution in [0.3, 0.4) is 0 Å². The lowest BCUT2D eigenvalue weighted by atomic mass is 9.78. The van der Waals surface area contributed by atoms with Crippen molar-refractivity contribution < 1.29 is 43.9 Å². The van der Waals surface area contributed by atoms with Gasteiger partial charge in [0.1, 0.15) is 23.9 Å². The lowest BCUT2D eigenvalue weighted by Gasteiger charge is -2.40. The van der Waals surface area contributed by atoms with Gasteiger partial charge in [-0.3, -0.25) is 9.59 Å². The Balaban J connectivity index is 3.01. The summed E-state index contributed by atoms with van der Waals surface area (Å²) >= 11 is 0. The maximum Gasteiger partial charge on any atom is 0.330 e. The summed E-state index contributed by atoms with van der Waals surface area (Å²) in [5.41, 5.74) is -2.03. The molecule has 0 aliphatic carbocycles. The molecule has 0 aromatic carbocycles. The van der Waals surface area contributed by atoms with Crippen molar-refractivity contribution in [2.24, 2.45) is 11.8 Å². The fourth-order valence-corrected chi connectivity index (χ4v) is 4.14. The molecule has 1 rings (SSSR count). The molecule has 0 aromatic heterocycles. The molecule has 1 aliphatic heterocycles. The topological polar surface area (TPSA) is 140 Å². The fourth-order valence-electron chi connectivity index (χ4n) is 4.14. The monoisotopic (exact) mass is 472 g/mol. The SMILES string of the molecule is CCCCCC[C@@H](O)/C=C\C(=O)O[C@@H]1[C@@H](C)[C@H](O)[C@@](C)(O)[C@H](OC(C)=O)[C@H](C)C(=O)O[C@H]1C. The molecule has 0 bridgehead atoms. The molecule has 8 atom stereocenters. The van der Waals surface area contributed by atoms with E-state index in [0.29, 0.717) is 6.42 Å². The second-order valence-corrected chi connectivity index (χ2v) is 9.17. The molecule has 0 amide bonds. The van der Waals surface area contributed by atoms with E-state index in [1.54, 1.807) is 0 Å². The highest BCUT2D eigenvalue weighted by molar-refractivity contribution is 5.82. The fraction of sp³-hybridized carbons (Fsp3) is 0.792. The number of carbonyl (C=O) groups excluding carboxylic acids is 3. The van der Waals surface area contributed by atoms with Crippen molar-refractivity contribution in [2.75, 3.05) is 0 Å². The highest BCUT2D eigenvalue weighted by Gasteiger charge is 2.52. The maximum absolute atomic E-state index is 12.6. The van der Waals surface area contributed by atoms with Gasteiger partial charge in [-0.05, 0) is 33.3 Å². The Labute approximate surface area is 196 Å². The van der Waals surface area contributed by atoms with Gasteiger partial charge in [-0.15, -0.1) is 0 Å². The first-order valence-corrected chi connectivity index (χ1v) is 11.7. The van der Waals surface area contributed by atoms with E-state index >= 15 is 0 Å². The van der Waals surface area contributed by atoms with E-state index < -0.39 is 65.9 Å². The Kier molecular flexibility index (Phi) is 11.5. The number of hydrogen-bond acceptors (Lipinski definition) is 9. The Hall–Kier alpha value is -1.97. The maximum atomic E-state index is 12.6. The van der Waals surface area contributed by atoms with Crippen LogP contribution in [0.2, 0.25) is 0 Å². The van der Waals surface area contributed by atoms with Crippen molar-refractivity contribution in [1.82, 2.24) is 0 Å². The molecule has 1 saturated heterocycles. The summed E-state index contributed by atoms with van der Waals surface area (Å²) in [7, 11) is 0. The first-order chi connectivity index (χ1) is 15.3. The first kappa shape index (κ1) is 29.1. The number of unbranched alkanes of at least 4 members (excludes halogenated alkanes) is 3. The summed E-state index contributed by atoms with van der Waals surface area (Å²) in [5, 5.41) is 32.0. The predicted molar refractivity (Wildman–Crippen MR) is 120 cm³/mol. The van der Waals surface area contributed by atoms with Crippen molar-refractivity contribution in [3.63, 3.8) is 0 Å². The van der Waals surface area contributed by atoms with Gasteiger partial charge in [-0.2, -0.15) is 0 Å². The molecule has 0 radical (unpaired) electrons. The average Bonchev–Trinajstić information content (AvgIpc) is 2.75. The van der Waals surface area contributed by atoms with Crippen LogP contribution in [0.5, 0.6) is 0 Å². The summed E-state index contributed by atoms with van der Waals surface area (Å²) < 4.78 is 16.1. The van der Waals surface area contributed by atoms with Gasteiger partial charge in [0.15, 0.2) is 0 Å². The zero-order valence-electron chi connectivity index (χ0n) is 20.5. The number of carbonyl (C=O) groups is 3. The highest BCUT2D eigenvalue weighted by Crippen LogP contribution is 2.34. The van der Waals surface area contributed by atoms with Crippen LogP contribution in [-0.2, 0) is 28.6 Å². The lowest BCUT2D eigenvalue weighted by molar-refractivity contribution is -0.198. The third-order valence-corrected chi connectivity index (χ3v) is 6.13. The van der Waals surface area contributed by atoms with Crippen molar-refractivity contribution in [3.8, 4) is 0 Å². The van der Waals surface area contributed by atoms with E-state index in [-0.39, 0.29) is 0 Å². The van der Waals surface area contributed by atoms with Gasteiger partial charge in [-0.1, -0.05) is 39.5 Å². The minimum absolute atomic E-state index is 0.522. The van der Waals surface area contributed by atoms with E-state index in [0.717, 1.165) is 38.7 Å². The molecular weight excluding hydrogens is 432 g/mol. The molecule has 3 N–H and O–H groups in total. The van der Waals surface area contributed by atoms with Crippen LogP contribution in [0.4, 0.5) is 0 Å². The summed E-state index contributed by atoms with van der Waals surface area (Å²) in [6, 6.07) is 0. The molecule has 9 nitrogen and oxygen atoms in total. The molecule has 9 heteroatoms. The van der Waals surface area contributed by atoms with Gasteiger partial charge in [-0.25, -0.2) is 4.79 Å². The predicted octanol–water partition coefficient (Wildman–Crippen LogP) is 2.05. The summed E-state index contributed by atoms with van der Waals surface area (Å²) in [5.74, 6) is -4.24. The zero-order valence-corrected chi connectivity index (χ0v) is 20.5. The molecule has 190 valence electrons. The Morgan fingerprint density at radius 3 is 2.39 bits per heavy atom. The van der Waals surface area contributed by atoms with Crippen LogP contribution in [0.25, 0.3) is 0 Å². The molecule has 1 aliphatic rings. The van der Waals surface area contributed by atoms with E-state index in [1.165, 1.54) is 33.8 Å². The molecule has 0 spiro atoms. The number of cyclic esters (lactones) is 1. The molecular formula is C24H40O9. The van der Waals surface area contributed by atoms with Crippen molar-refractivity contribution >= 4 is 17.9 Å². The van der Waals surface area contributed by atoms with Crippen LogP contribution >= 0.6 is 0 Å². The minimum atomic E-state index is -2.03. The van der Waals surface area contributed by atoms with Crippen LogP contribution in [-0.4, -0.2) is 69.3 Å². The van der Waals surface area contributed by atoms with Crippen LogP contribution in [0.1, 0.15) is 73.6 Å². The Bertz CT molecular complexity index is 687. The van der Waals surface area contributed by atoms with Crippen LogP contribution < -0.4 is 0 Å². The second-order valence-electron chi connectivity index (χ2n) is 9.17. The molecule has 0 unspecified atom stereocenters. The van der Waals surface area contributed by atoms with Crippen molar-refractivity contribution in [3.05, 3.63) is 12.2 Å². The average molecular weight is 473 g/mol. The number of rotatable bonds is 9. The van der Waals surface area contributed by atoms with E-state index in [1.807, 2.05) is 0 Å². The molecule has 1 heterocycles. The Morgan fingerprint density at radius 2 is 1.82 bits per heavy atom. The second kappa shape index (κ2) is 13.1. The van der Waals surface area contributed by atoms with Crippen LogP contribution in [0.15, 0.2) is 12.2 Å². The quantitative estimate of drug-likeness (QED) is 0.199. The van der Waals surface area contributed by atoms with Gasteiger partial charge in [0.25, 0.3) is 0 Å². The minimum Gasteiger partial charge on any atom is -0.458 e. The highest BCUT2D eigenvalue weighted by atomic mass is 16.6. The molecule has 0 aromatic rings. The number of esters is 3. The first-order valence-electron chi connectivity index (χ1n) is 11.7. The summed E-state index contributed by atoms with van der Waals surface area (Å²) in [6.45, 7) is 8.96. The Morgan fingerprint density at radius 1 is 1.18 bits per heavy atom. The van der Waals surface area contributed by atoms with E-state index in [4.69, 9.17) is 14.2 Å². The third-order valence-electron chi connectivity index (χ3n) is 6.13. The number of aliphatic hydroxyl groups excluding tert-OH is 2. The molecule has 1 fully saturated rings. The van der Waals surface area contributed by atoms with E-state index in [9.17, 15) is 29.7 Å². The number of ether oxygens (including phenoxy) is 3. The van der Waals surface area contributed by atoms with Gasteiger partial charge < -0.3 is 29.5 Å². The standard InChI is InChI=1S/C24H40O9/c1-7-8-9-10-11-18(26)12-13-19(27)33-20-14(2)21(28)24(6,30)22(32-17(5)25)15(3)23(29)31-16(20)4/h12-16,18,20-22,26,28,30H,7-11H2,1-6H3/b13-12-/t14-,15+,16+,18-,20-,21+,22-,24-/m1/s1. The number of hydrogen-bond donors (Lipinski definition) is 3. The van der Waals surface area contributed by atoms with Gasteiger partial charge in [0, 0.05) is 18.9 Å². The lowest BCUT2D eigenvalue weighted by Crippen LogP contribution is -2.58. The van der Waals surface area contributed by atoms with Crippen LogP contribution in [0, 0.1) is 11.8 Å². The number of aliphatic hydroxyl groups is 3.